The number of halogens is 2. The minimum atomic E-state index is -0.431. The van der Waals surface area contributed by atoms with Crippen molar-refractivity contribution < 1.29 is 18.4 Å². The largest absolute Gasteiger partial charge is 0.422 e. The number of rotatable bonds is 4. The van der Waals surface area contributed by atoms with Crippen LogP contribution in [0.4, 0.5) is 15.2 Å². The summed E-state index contributed by atoms with van der Waals surface area (Å²) in [5.74, 6) is -0.635. The summed E-state index contributed by atoms with van der Waals surface area (Å²) in [5, 5.41) is 0.248. The number of oxazole rings is 1. The molecular weight excluding hydrogens is 449 g/mol. The van der Waals surface area contributed by atoms with Gasteiger partial charge in [-0.15, -0.1) is 0 Å². The molecule has 0 saturated carbocycles. The van der Waals surface area contributed by atoms with Gasteiger partial charge in [-0.3, -0.25) is 4.79 Å². The predicted octanol–water partition coefficient (Wildman–Crippen LogP) is 3.31. The fourth-order valence-electron chi connectivity index (χ4n) is 4.16. The maximum absolute atomic E-state index is 13.2. The second-order valence-electron chi connectivity index (χ2n) is 8.51. The highest BCUT2D eigenvalue weighted by molar-refractivity contribution is 6.31. The number of benzene rings is 1. The molecule has 3 aromatic rings. The van der Waals surface area contributed by atoms with Gasteiger partial charge in [0, 0.05) is 56.4 Å². The van der Waals surface area contributed by atoms with Gasteiger partial charge in [0.25, 0.3) is 6.01 Å². The SMILES string of the molecule is Cc1ccc2oc(N3CCN(C(=O)N4CC(C(=O)Cc5ccc(F)cc5Cl)C4)CC3)nc2n1. The zero-order chi connectivity index (χ0) is 23.1. The van der Waals surface area contributed by atoms with Gasteiger partial charge in [0.2, 0.25) is 5.65 Å². The Bertz CT molecular complexity index is 1220. The fraction of sp³-hybridized carbons (Fsp3) is 0.391. The van der Waals surface area contributed by atoms with Gasteiger partial charge in [0.1, 0.15) is 11.6 Å². The Hall–Kier alpha value is -3.20. The molecule has 1 aromatic carbocycles. The molecule has 0 atom stereocenters. The van der Waals surface area contributed by atoms with Crippen LogP contribution in [0.5, 0.6) is 0 Å². The fourth-order valence-corrected chi connectivity index (χ4v) is 4.40. The first-order valence-corrected chi connectivity index (χ1v) is 11.2. The van der Waals surface area contributed by atoms with Crippen LogP contribution in [0.15, 0.2) is 34.7 Å². The van der Waals surface area contributed by atoms with Crippen LogP contribution in [-0.4, -0.2) is 70.9 Å². The number of pyridine rings is 1. The van der Waals surface area contributed by atoms with E-state index in [1.54, 1.807) is 9.80 Å². The summed E-state index contributed by atoms with van der Waals surface area (Å²) >= 11 is 6.02. The molecule has 0 unspecified atom stereocenters. The quantitative estimate of drug-likeness (QED) is 0.580. The first-order valence-electron chi connectivity index (χ1n) is 10.9. The van der Waals surface area contributed by atoms with Crippen molar-refractivity contribution in [2.24, 2.45) is 5.92 Å². The van der Waals surface area contributed by atoms with Crippen LogP contribution >= 0.6 is 11.6 Å². The number of hydrogen-bond acceptors (Lipinski definition) is 6. The average molecular weight is 472 g/mol. The average Bonchev–Trinajstić information content (AvgIpc) is 3.18. The third-order valence-corrected chi connectivity index (χ3v) is 6.54. The second kappa shape index (κ2) is 8.62. The van der Waals surface area contributed by atoms with Crippen LogP contribution in [0.3, 0.4) is 0 Å². The van der Waals surface area contributed by atoms with Gasteiger partial charge in [-0.2, -0.15) is 4.98 Å². The van der Waals surface area contributed by atoms with Crippen molar-refractivity contribution in [1.29, 1.82) is 0 Å². The molecule has 8 nitrogen and oxygen atoms in total. The molecule has 0 aliphatic carbocycles. The van der Waals surface area contributed by atoms with Crippen molar-refractivity contribution in [3.8, 4) is 0 Å². The number of carbonyl (C=O) groups excluding carboxylic acids is 2. The Morgan fingerprint density at radius 1 is 1.09 bits per heavy atom. The van der Waals surface area contributed by atoms with E-state index in [1.165, 1.54) is 18.2 Å². The van der Waals surface area contributed by atoms with Crippen LogP contribution in [0.2, 0.25) is 5.02 Å². The van der Waals surface area contributed by atoms with E-state index in [2.05, 4.69) is 9.97 Å². The molecule has 4 heterocycles. The Balaban J connectivity index is 1.11. The molecule has 0 radical (unpaired) electrons. The molecule has 2 aliphatic heterocycles. The topological polar surface area (TPSA) is 82.8 Å². The normalized spacial score (nSPS) is 16.9. The Morgan fingerprint density at radius 2 is 1.85 bits per heavy atom. The minimum Gasteiger partial charge on any atom is -0.422 e. The zero-order valence-corrected chi connectivity index (χ0v) is 18.9. The van der Waals surface area contributed by atoms with E-state index in [9.17, 15) is 14.0 Å². The minimum absolute atomic E-state index is 0.0113. The summed E-state index contributed by atoms with van der Waals surface area (Å²) in [4.78, 5) is 39.7. The van der Waals surface area contributed by atoms with E-state index < -0.39 is 5.82 Å². The monoisotopic (exact) mass is 471 g/mol. The first kappa shape index (κ1) is 21.6. The molecule has 0 N–H and O–H groups in total. The highest BCUT2D eigenvalue weighted by Gasteiger charge is 2.38. The van der Waals surface area contributed by atoms with Crippen molar-refractivity contribution >= 4 is 40.7 Å². The number of Topliss-reactive ketones (excluding diaryl/α,β-unsaturated/α-hetero) is 1. The van der Waals surface area contributed by atoms with Gasteiger partial charge in [0.15, 0.2) is 5.58 Å². The summed E-state index contributed by atoms with van der Waals surface area (Å²) in [6, 6.07) is 8.23. The molecule has 2 amide bonds. The van der Waals surface area contributed by atoms with Crippen molar-refractivity contribution in [2.45, 2.75) is 13.3 Å². The number of aryl methyl sites for hydroxylation is 1. The van der Waals surface area contributed by atoms with Crippen LogP contribution in [0, 0.1) is 18.7 Å². The highest BCUT2D eigenvalue weighted by Crippen LogP contribution is 2.25. The molecule has 2 aliphatic rings. The molecule has 0 spiro atoms. The number of piperazine rings is 1. The van der Waals surface area contributed by atoms with Gasteiger partial charge in [-0.25, -0.2) is 14.2 Å². The third-order valence-electron chi connectivity index (χ3n) is 6.19. The Kier molecular flexibility index (Phi) is 5.65. The number of urea groups is 1. The smallest absolute Gasteiger partial charge is 0.320 e. The van der Waals surface area contributed by atoms with E-state index >= 15 is 0 Å². The van der Waals surface area contributed by atoms with Gasteiger partial charge in [-0.05, 0) is 36.8 Å². The van der Waals surface area contributed by atoms with Crippen LogP contribution < -0.4 is 4.90 Å². The number of aromatic nitrogens is 2. The van der Waals surface area contributed by atoms with E-state index in [1.807, 2.05) is 24.0 Å². The second-order valence-corrected chi connectivity index (χ2v) is 8.92. The van der Waals surface area contributed by atoms with E-state index in [0.717, 1.165) is 5.69 Å². The lowest BCUT2D eigenvalue weighted by molar-refractivity contribution is -0.126. The maximum atomic E-state index is 13.2. The molecule has 2 aromatic heterocycles. The Morgan fingerprint density at radius 3 is 2.58 bits per heavy atom. The van der Waals surface area contributed by atoms with Crippen molar-refractivity contribution in [1.82, 2.24) is 19.8 Å². The van der Waals surface area contributed by atoms with E-state index in [-0.39, 0.29) is 29.2 Å². The van der Waals surface area contributed by atoms with Crippen LogP contribution in [0.1, 0.15) is 11.3 Å². The molecule has 2 saturated heterocycles. The number of likely N-dealkylation sites (tertiary alicyclic amines) is 1. The van der Waals surface area contributed by atoms with Crippen molar-refractivity contribution in [3.63, 3.8) is 0 Å². The van der Waals surface area contributed by atoms with Gasteiger partial charge in [-0.1, -0.05) is 17.7 Å². The molecule has 2 fully saturated rings. The lowest BCUT2D eigenvalue weighted by Gasteiger charge is -2.43. The number of amides is 2. The highest BCUT2D eigenvalue weighted by atomic mass is 35.5. The van der Waals surface area contributed by atoms with E-state index in [0.29, 0.717) is 62.1 Å². The first-order chi connectivity index (χ1) is 15.9. The number of ketones is 1. The van der Waals surface area contributed by atoms with Gasteiger partial charge in [0.05, 0.1) is 5.92 Å². The van der Waals surface area contributed by atoms with E-state index in [4.69, 9.17) is 16.0 Å². The molecule has 33 heavy (non-hydrogen) atoms. The number of anilines is 1. The number of nitrogens with zero attached hydrogens (tertiary/aromatic N) is 5. The maximum Gasteiger partial charge on any atom is 0.320 e. The molecule has 10 heteroatoms. The van der Waals surface area contributed by atoms with Crippen LogP contribution in [0.25, 0.3) is 11.2 Å². The summed E-state index contributed by atoms with van der Waals surface area (Å²) < 4.78 is 19.0. The summed E-state index contributed by atoms with van der Waals surface area (Å²) in [5.41, 5.74) is 2.72. The number of fused-ring (bicyclic) bond motifs is 1. The summed E-state index contributed by atoms with van der Waals surface area (Å²) in [6.07, 6.45) is 0.142. The lowest BCUT2D eigenvalue weighted by atomic mass is 9.91. The number of carbonyl (C=O) groups is 2. The standard InChI is InChI=1S/C23H23ClFN5O3/c1-14-2-5-20-21(26-14)27-22(33-20)28-6-8-29(9-7-28)23(32)30-12-16(13-30)19(31)10-15-3-4-17(25)11-18(15)24/h2-5,11,16H,6-10,12-13H2,1H3. The van der Waals surface area contributed by atoms with Crippen molar-refractivity contribution in [2.75, 3.05) is 44.2 Å². The van der Waals surface area contributed by atoms with Gasteiger partial charge >= 0.3 is 6.03 Å². The lowest BCUT2D eigenvalue weighted by Crippen LogP contribution is -2.60. The summed E-state index contributed by atoms with van der Waals surface area (Å²) in [6.45, 7) is 5.01. The summed E-state index contributed by atoms with van der Waals surface area (Å²) in [7, 11) is 0. The van der Waals surface area contributed by atoms with Crippen molar-refractivity contribution in [3.05, 3.63) is 52.4 Å². The number of hydrogen-bond donors (Lipinski definition) is 0. The molecule has 5 rings (SSSR count). The van der Waals surface area contributed by atoms with Gasteiger partial charge < -0.3 is 19.1 Å². The van der Waals surface area contributed by atoms with Crippen LogP contribution in [-0.2, 0) is 11.2 Å². The molecule has 172 valence electrons. The Labute approximate surface area is 194 Å². The molecular formula is C23H23ClFN5O3. The zero-order valence-electron chi connectivity index (χ0n) is 18.1. The molecule has 0 bridgehead atoms. The predicted molar refractivity (Wildman–Crippen MR) is 121 cm³/mol. The third kappa shape index (κ3) is 4.37.